The highest BCUT2D eigenvalue weighted by Gasteiger charge is 2.14. The van der Waals surface area contributed by atoms with Crippen LogP contribution in [0.5, 0.6) is 11.5 Å². The van der Waals surface area contributed by atoms with Gasteiger partial charge in [0.05, 0.1) is 12.0 Å². The molecule has 0 aliphatic carbocycles. The zero-order valence-corrected chi connectivity index (χ0v) is 16.0. The Labute approximate surface area is 154 Å². The Balaban J connectivity index is 2.04. The first-order valence-electron chi connectivity index (χ1n) is 8.11. The number of nitrogens with one attached hydrogen (secondary N) is 1. The van der Waals surface area contributed by atoms with Crippen LogP contribution in [0, 0.1) is 0 Å². The fraction of sp³-hybridized carbons (Fsp3) is 0.333. The van der Waals surface area contributed by atoms with Crippen molar-refractivity contribution in [2.75, 3.05) is 40.1 Å². The normalized spacial score (nSPS) is 11.5. The summed E-state index contributed by atoms with van der Waals surface area (Å²) in [6, 6.07) is 11.4. The van der Waals surface area contributed by atoms with Crippen molar-refractivity contribution in [2.24, 2.45) is 0 Å². The van der Waals surface area contributed by atoms with Gasteiger partial charge in [0.25, 0.3) is 0 Å². The summed E-state index contributed by atoms with van der Waals surface area (Å²) in [5.74, 6) is 1.19. The van der Waals surface area contributed by atoms with Crippen LogP contribution in [0.15, 0.2) is 47.4 Å². The average molecular weight is 379 g/mol. The van der Waals surface area contributed by atoms with E-state index in [1.807, 2.05) is 19.0 Å². The molecule has 2 rings (SSSR count). The van der Waals surface area contributed by atoms with Gasteiger partial charge in [0.1, 0.15) is 6.61 Å². The van der Waals surface area contributed by atoms with Crippen molar-refractivity contribution in [3.05, 3.63) is 48.0 Å². The van der Waals surface area contributed by atoms with Crippen molar-refractivity contribution >= 4 is 15.7 Å². The molecule has 7 nitrogen and oxygen atoms in total. The second-order valence-electron chi connectivity index (χ2n) is 6.03. The van der Waals surface area contributed by atoms with Gasteiger partial charge in [-0.3, -0.25) is 0 Å². The first kappa shape index (κ1) is 20.0. The Kier molecular flexibility index (Phi) is 6.84. The van der Waals surface area contributed by atoms with Gasteiger partial charge >= 0.3 is 0 Å². The summed E-state index contributed by atoms with van der Waals surface area (Å²) in [6.45, 7) is 1.46. The summed E-state index contributed by atoms with van der Waals surface area (Å²) >= 11 is 0. The molecule has 0 atom stereocenters. The third kappa shape index (κ3) is 5.62. The monoisotopic (exact) mass is 379 g/mol. The Hall–Kier alpha value is -2.29. The number of hydrogen-bond acceptors (Lipinski definition) is 6. The number of sulfonamides is 1. The molecule has 0 aromatic heterocycles. The van der Waals surface area contributed by atoms with Gasteiger partial charge in [0.15, 0.2) is 11.5 Å². The largest absolute Gasteiger partial charge is 0.493 e. The minimum absolute atomic E-state index is 0.140. The molecule has 0 unspecified atom stereocenters. The van der Waals surface area contributed by atoms with Crippen LogP contribution in [-0.4, -0.2) is 47.7 Å². The SMILES string of the molecule is COc1cc(CNS(=O)(=O)c2ccc(N)cc2)ccc1OCCN(C)C. The number of benzene rings is 2. The van der Waals surface area contributed by atoms with Crippen LogP contribution < -0.4 is 19.9 Å². The highest BCUT2D eigenvalue weighted by Crippen LogP contribution is 2.28. The van der Waals surface area contributed by atoms with Crippen molar-refractivity contribution in [1.29, 1.82) is 0 Å². The van der Waals surface area contributed by atoms with Crippen molar-refractivity contribution in [3.8, 4) is 11.5 Å². The number of anilines is 1. The molecule has 0 aliphatic heterocycles. The van der Waals surface area contributed by atoms with E-state index in [4.69, 9.17) is 15.2 Å². The van der Waals surface area contributed by atoms with Gasteiger partial charge in [-0.15, -0.1) is 0 Å². The topological polar surface area (TPSA) is 93.9 Å². The average Bonchev–Trinajstić information content (AvgIpc) is 2.60. The number of nitrogens with two attached hydrogens (primary N) is 1. The van der Waals surface area contributed by atoms with Gasteiger partial charge in [-0.1, -0.05) is 6.07 Å². The standard InChI is InChI=1S/C18H25N3O4S/c1-21(2)10-11-25-17-9-4-14(12-18(17)24-3)13-20-26(22,23)16-7-5-15(19)6-8-16/h4-9,12,20H,10-11,13,19H2,1-3H3. The molecule has 3 N–H and O–H groups in total. The molecule has 0 saturated carbocycles. The minimum atomic E-state index is -3.61. The maximum absolute atomic E-state index is 12.3. The van der Waals surface area contributed by atoms with Crippen LogP contribution >= 0.6 is 0 Å². The van der Waals surface area contributed by atoms with Crippen LogP contribution in [0.4, 0.5) is 5.69 Å². The molecule has 0 heterocycles. The quantitative estimate of drug-likeness (QED) is 0.644. The Bertz CT molecular complexity index is 821. The Morgan fingerprint density at radius 3 is 2.38 bits per heavy atom. The second kappa shape index (κ2) is 8.88. The predicted octanol–water partition coefficient (Wildman–Crippen LogP) is 1.70. The van der Waals surface area contributed by atoms with E-state index >= 15 is 0 Å². The van der Waals surface area contributed by atoms with Gasteiger partial charge < -0.3 is 20.1 Å². The second-order valence-corrected chi connectivity index (χ2v) is 7.80. The number of hydrogen-bond donors (Lipinski definition) is 2. The van der Waals surface area contributed by atoms with E-state index in [0.717, 1.165) is 12.1 Å². The van der Waals surface area contributed by atoms with E-state index < -0.39 is 10.0 Å². The molecular formula is C18H25N3O4S. The van der Waals surface area contributed by atoms with E-state index in [-0.39, 0.29) is 11.4 Å². The Morgan fingerprint density at radius 1 is 1.08 bits per heavy atom. The van der Waals surface area contributed by atoms with E-state index in [2.05, 4.69) is 4.72 Å². The molecule has 0 spiro atoms. The highest BCUT2D eigenvalue weighted by atomic mass is 32.2. The van der Waals surface area contributed by atoms with E-state index in [9.17, 15) is 8.42 Å². The number of nitrogens with zero attached hydrogens (tertiary/aromatic N) is 1. The van der Waals surface area contributed by atoms with E-state index in [1.54, 1.807) is 37.4 Å². The summed E-state index contributed by atoms with van der Waals surface area (Å²) in [5.41, 5.74) is 6.87. The third-order valence-electron chi connectivity index (χ3n) is 3.68. The lowest BCUT2D eigenvalue weighted by Crippen LogP contribution is -2.23. The van der Waals surface area contributed by atoms with Gasteiger partial charge in [0, 0.05) is 18.8 Å². The molecule has 0 saturated heterocycles. The summed E-state index contributed by atoms with van der Waals surface area (Å²) < 4.78 is 38.3. The molecule has 8 heteroatoms. The highest BCUT2D eigenvalue weighted by molar-refractivity contribution is 7.89. The molecule has 2 aromatic carbocycles. The van der Waals surface area contributed by atoms with Crippen LogP contribution in [0.3, 0.4) is 0 Å². The van der Waals surface area contributed by atoms with E-state index in [1.165, 1.54) is 12.1 Å². The lowest BCUT2D eigenvalue weighted by molar-refractivity contribution is 0.250. The summed E-state index contributed by atoms with van der Waals surface area (Å²) in [4.78, 5) is 2.19. The number of rotatable bonds is 9. The fourth-order valence-corrected chi connectivity index (χ4v) is 3.21. The maximum Gasteiger partial charge on any atom is 0.240 e. The van der Waals surface area contributed by atoms with Gasteiger partial charge in [-0.05, 0) is 56.1 Å². The molecule has 142 valence electrons. The lowest BCUT2D eigenvalue weighted by Gasteiger charge is -2.14. The number of methoxy groups -OCH3 is 1. The van der Waals surface area contributed by atoms with Crippen LogP contribution in [0.1, 0.15) is 5.56 Å². The van der Waals surface area contributed by atoms with Gasteiger partial charge in [-0.2, -0.15) is 0 Å². The molecule has 0 aliphatic rings. The molecule has 0 radical (unpaired) electrons. The molecular weight excluding hydrogens is 354 g/mol. The Morgan fingerprint density at radius 2 is 1.77 bits per heavy atom. The molecule has 0 amide bonds. The van der Waals surface area contributed by atoms with Crippen molar-refractivity contribution in [2.45, 2.75) is 11.4 Å². The first-order chi connectivity index (χ1) is 12.3. The molecule has 2 aromatic rings. The summed E-state index contributed by atoms with van der Waals surface area (Å²) in [5, 5.41) is 0. The van der Waals surface area contributed by atoms with Crippen molar-refractivity contribution < 1.29 is 17.9 Å². The molecule has 0 bridgehead atoms. The first-order valence-corrected chi connectivity index (χ1v) is 9.60. The number of nitrogen functional groups attached to an aromatic ring is 1. The third-order valence-corrected chi connectivity index (χ3v) is 5.10. The van der Waals surface area contributed by atoms with Gasteiger partial charge in [0.2, 0.25) is 10.0 Å². The molecule has 0 fully saturated rings. The van der Waals surface area contributed by atoms with Crippen LogP contribution in [0.25, 0.3) is 0 Å². The zero-order valence-electron chi connectivity index (χ0n) is 15.2. The molecule has 26 heavy (non-hydrogen) atoms. The summed E-state index contributed by atoms with van der Waals surface area (Å²) in [7, 11) is 1.88. The van der Waals surface area contributed by atoms with Crippen molar-refractivity contribution in [3.63, 3.8) is 0 Å². The predicted molar refractivity (Wildman–Crippen MR) is 102 cm³/mol. The number of likely N-dealkylation sites (N-methyl/N-ethyl adjacent to an activating group) is 1. The smallest absolute Gasteiger partial charge is 0.240 e. The lowest BCUT2D eigenvalue weighted by atomic mass is 10.2. The fourth-order valence-electron chi connectivity index (χ4n) is 2.19. The summed E-state index contributed by atoms with van der Waals surface area (Å²) in [6.07, 6.45) is 0. The van der Waals surface area contributed by atoms with E-state index in [0.29, 0.717) is 23.8 Å². The zero-order chi connectivity index (χ0) is 19.2. The van der Waals surface area contributed by atoms with Gasteiger partial charge in [-0.25, -0.2) is 13.1 Å². The minimum Gasteiger partial charge on any atom is -0.493 e. The van der Waals surface area contributed by atoms with Crippen LogP contribution in [0.2, 0.25) is 0 Å². The number of ether oxygens (including phenoxy) is 2. The maximum atomic E-state index is 12.3. The van der Waals surface area contributed by atoms with Crippen molar-refractivity contribution in [1.82, 2.24) is 9.62 Å². The van der Waals surface area contributed by atoms with Crippen LogP contribution in [-0.2, 0) is 16.6 Å².